The first-order chi connectivity index (χ1) is 10.3. The lowest BCUT2D eigenvalue weighted by Gasteiger charge is -2.19. The zero-order valence-electron chi connectivity index (χ0n) is 13.0. The van der Waals surface area contributed by atoms with Gasteiger partial charge in [0.05, 0.1) is 5.56 Å². The summed E-state index contributed by atoms with van der Waals surface area (Å²) in [5.74, 6) is -0.684. The van der Waals surface area contributed by atoms with Crippen molar-refractivity contribution in [2.45, 2.75) is 26.4 Å². The molecule has 0 heterocycles. The average molecular weight is 298 g/mol. The van der Waals surface area contributed by atoms with Gasteiger partial charge in [0, 0.05) is 5.56 Å². The van der Waals surface area contributed by atoms with Crippen molar-refractivity contribution in [3.8, 4) is 11.1 Å². The Morgan fingerprint density at radius 1 is 1.09 bits per heavy atom. The summed E-state index contributed by atoms with van der Waals surface area (Å²) < 4.78 is 19.1. The molecule has 0 aliphatic carbocycles. The van der Waals surface area contributed by atoms with Crippen LogP contribution < -0.4 is 0 Å². The second-order valence-corrected chi connectivity index (χ2v) is 6.02. The van der Waals surface area contributed by atoms with Gasteiger partial charge in [-0.3, -0.25) is 0 Å². The molecule has 0 aliphatic heterocycles. The quantitative estimate of drug-likeness (QED) is 0.738. The zero-order valence-corrected chi connectivity index (χ0v) is 13.0. The van der Waals surface area contributed by atoms with Gasteiger partial charge in [0.25, 0.3) is 0 Å². The van der Waals surface area contributed by atoms with Crippen molar-refractivity contribution >= 4 is 12.0 Å². The van der Waals surface area contributed by atoms with E-state index in [9.17, 15) is 9.18 Å². The third-order valence-electron chi connectivity index (χ3n) is 3.07. The molecule has 0 aliphatic rings. The summed E-state index contributed by atoms with van der Waals surface area (Å²) in [6.07, 6.45) is 1.48. The first kappa shape index (κ1) is 16.0. The van der Waals surface area contributed by atoms with E-state index in [-0.39, 0.29) is 11.8 Å². The minimum atomic E-state index is -0.528. The second kappa shape index (κ2) is 6.14. The lowest BCUT2D eigenvalue weighted by atomic mass is 10.0. The molecule has 0 fully saturated rings. The van der Waals surface area contributed by atoms with Crippen LogP contribution in [0, 0.1) is 5.82 Å². The summed E-state index contributed by atoms with van der Waals surface area (Å²) in [5.41, 5.74) is 2.00. The Morgan fingerprint density at radius 3 is 2.18 bits per heavy atom. The number of rotatable bonds is 3. The van der Waals surface area contributed by atoms with E-state index in [4.69, 9.17) is 4.74 Å². The van der Waals surface area contributed by atoms with E-state index >= 15 is 0 Å². The molecule has 0 bridgehead atoms. The smallest absolute Gasteiger partial charge is 0.338 e. The Kier molecular flexibility index (Phi) is 4.45. The molecule has 2 rings (SSSR count). The molecule has 0 spiro atoms. The molecule has 0 saturated heterocycles. The summed E-state index contributed by atoms with van der Waals surface area (Å²) in [6.45, 7) is 9.03. The monoisotopic (exact) mass is 298 g/mol. The fraction of sp³-hybridized carbons (Fsp3) is 0.211. The van der Waals surface area contributed by atoms with Gasteiger partial charge in [-0.05, 0) is 50.1 Å². The lowest BCUT2D eigenvalue weighted by molar-refractivity contribution is 0.00696. The van der Waals surface area contributed by atoms with E-state index in [1.165, 1.54) is 12.1 Å². The predicted molar refractivity (Wildman–Crippen MR) is 87.1 cm³/mol. The van der Waals surface area contributed by atoms with Gasteiger partial charge in [0.15, 0.2) is 0 Å². The van der Waals surface area contributed by atoms with Gasteiger partial charge in [0.2, 0.25) is 0 Å². The van der Waals surface area contributed by atoms with Gasteiger partial charge in [-0.1, -0.05) is 36.9 Å². The maximum Gasteiger partial charge on any atom is 0.338 e. The Bertz CT molecular complexity index is 694. The number of hydrogen-bond acceptors (Lipinski definition) is 2. The van der Waals surface area contributed by atoms with Gasteiger partial charge >= 0.3 is 5.97 Å². The normalized spacial score (nSPS) is 11.1. The number of hydrogen-bond donors (Lipinski definition) is 0. The molecule has 0 amide bonds. The third-order valence-corrected chi connectivity index (χ3v) is 3.07. The summed E-state index contributed by atoms with van der Waals surface area (Å²) >= 11 is 0. The molecule has 2 aromatic carbocycles. The number of carbonyl (C=O) groups excluding carboxylic acids is 1. The summed E-state index contributed by atoms with van der Waals surface area (Å²) in [5, 5.41) is 0. The van der Waals surface area contributed by atoms with Crippen molar-refractivity contribution in [3.05, 3.63) is 66.0 Å². The average Bonchev–Trinajstić information content (AvgIpc) is 2.45. The minimum Gasteiger partial charge on any atom is -0.456 e. The van der Waals surface area contributed by atoms with Crippen LogP contribution in [0.4, 0.5) is 4.39 Å². The maximum atomic E-state index is 13.8. The van der Waals surface area contributed by atoms with Crippen LogP contribution in [0.5, 0.6) is 0 Å². The van der Waals surface area contributed by atoms with Gasteiger partial charge in [-0.2, -0.15) is 0 Å². The second-order valence-electron chi connectivity index (χ2n) is 6.02. The van der Waals surface area contributed by atoms with Crippen LogP contribution in [0.1, 0.15) is 36.7 Å². The molecule has 0 unspecified atom stereocenters. The molecule has 0 aromatic heterocycles. The van der Waals surface area contributed by atoms with Crippen molar-refractivity contribution in [2.75, 3.05) is 0 Å². The van der Waals surface area contributed by atoms with Crippen LogP contribution >= 0.6 is 0 Å². The van der Waals surface area contributed by atoms with Crippen LogP contribution in [0.25, 0.3) is 17.2 Å². The predicted octanol–water partition coefficient (Wildman–Crippen LogP) is 5.09. The standard InChI is InChI=1S/C19H19FO2/c1-5-13-6-11-16(12-17(13)20)14-7-9-15(10-8-14)18(21)22-19(2,3)4/h5-12H,1H2,2-4H3. The Morgan fingerprint density at radius 2 is 1.68 bits per heavy atom. The highest BCUT2D eigenvalue weighted by Crippen LogP contribution is 2.23. The van der Waals surface area contributed by atoms with Crippen LogP contribution in [0.2, 0.25) is 0 Å². The van der Waals surface area contributed by atoms with Crippen molar-refractivity contribution in [1.29, 1.82) is 0 Å². The summed E-state index contributed by atoms with van der Waals surface area (Å²) in [4.78, 5) is 12.0. The van der Waals surface area contributed by atoms with Crippen molar-refractivity contribution in [2.24, 2.45) is 0 Å². The Hall–Kier alpha value is -2.42. The topological polar surface area (TPSA) is 26.3 Å². The fourth-order valence-corrected chi connectivity index (χ4v) is 2.01. The molecular formula is C19H19FO2. The highest BCUT2D eigenvalue weighted by atomic mass is 19.1. The van der Waals surface area contributed by atoms with E-state index in [2.05, 4.69) is 6.58 Å². The van der Waals surface area contributed by atoms with E-state index in [1.807, 2.05) is 26.8 Å². The molecule has 0 radical (unpaired) electrons. The molecule has 0 atom stereocenters. The van der Waals surface area contributed by atoms with Crippen LogP contribution in [0.15, 0.2) is 49.0 Å². The van der Waals surface area contributed by atoms with Crippen LogP contribution in [0.3, 0.4) is 0 Å². The van der Waals surface area contributed by atoms with Gasteiger partial charge in [-0.25, -0.2) is 9.18 Å². The largest absolute Gasteiger partial charge is 0.456 e. The first-order valence-corrected chi connectivity index (χ1v) is 7.06. The van der Waals surface area contributed by atoms with Gasteiger partial charge < -0.3 is 4.74 Å². The highest BCUT2D eigenvalue weighted by molar-refractivity contribution is 5.90. The fourth-order valence-electron chi connectivity index (χ4n) is 2.01. The molecule has 3 heteroatoms. The summed E-state index contributed by atoms with van der Waals surface area (Å²) in [7, 11) is 0. The molecule has 22 heavy (non-hydrogen) atoms. The molecule has 2 aromatic rings. The van der Waals surface area contributed by atoms with Gasteiger partial charge in [-0.15, -0.1) is 0 Å². The molecule has 114 valence electrons. The van der Waals surface area contributed by atoms with E-state index in [1.54, 1.807) is 30.3 Å². The third kappa shape index (κ3) is 3.82. The number of ether oxygens (including phenoxy) is 1. The van der Waals surface area contributed by atoms with Crippen molar-refractivity contribution < 1.29 is 13.9 Å². The molecule has 2 nitrogen and oxygen atoms in total. The van der Waals surface area contributed by atoms with E-state index in [0.717, 1.165) is 11.1 Å². The Balaban J connectivity index is 2.23. The van der Waals surface area contributed by atoms with E-state index < -0.39 is 5.60 Å². The number of carbonyl (C=O) groups is 1. The summed E-state index contributed by atoms with van der Waals surface area (Å²) in [6, 6.07) is 11.9. The Labute approximate surface area is 130 Å². The van der Waals surface area contributed by atoms with E-state index in [0.29, 0.717) is 11.1 Å². The zero-order chi connectivity index (χ0) is 16.3. The maximum absolute atomic E-state index is 13.8. The van der Waals surface area contributed by atoms with Crippen molar-refractivity contribution in [1.82, 2.24) is 0 Å². The number of halogens is 1. The highest BCUT2D eigenvalue weighted by Gasteiger charge is 2.17. The number of esters is 1. The van der Waals surface area contributed by atoms with Crippen molar-refractivity contribution in [3.63, 3.8) is 0 Å². The number of benzene rings is 2. The minimum absolute atomic E-state index is 0.316. The van der Waals surface area contributed by atoms with Crippen LogP contribution in [-0.2, 0) is 4.74 Å². The SMILES string of the molecule is C=Cc1ccc(-c2ccc(C(=O)OC(C)(C)C)cc2)cc1F. The first-order valence-electron chi connectivity index (χ1n) is 7.06. The molecule has 0 saturated carbocycles. The lowest BCUT2D eigenvalue weighted by Crippen LogP contribution is -2.23. The van der Waals surface area contributed by atoms with Gasteiger partial charge in [0.1, 0.15) is 11.4 Å². The molecule has 0 N–H and O–H groups in total. The van der Waals surface area contributed by atoms with Crippen LogP contribution in [-0.4, -0.2) is 11.6 Å². The molecular weight excluding hydrogens is 279 g/mol.